The Morgan fingerprint density at radius 2 is 1.84 bits per heavy atom. The van der Waals surface area contributed by atoms with E-state index in [1.54, 1.807) is 24.3 Å². The SMILES string of the molecule is COc1cccc(-c2c(CO)nnn2-c2ccc(C(F)(F)F)cc2)c1. The van der Waals surface area contributed by atoms with E-state index in [-0.39, 0.29) is 6.61 Å². The van der Waals surface area contributed by atoms with Gasteiger partial charge in [-0.25, -0.2) is 4.68 Å². The van der Waals surface area contributed by atoms with Gasteiger partial charge in [0, 0.05) is 5.56 Å². The standard InChI is InChI=1S/C17H14F3N3O2/c1-25-14-4-2-3-11(9-14)16-15(10-24)21-22-23(16)13-7-5-12(6-8-13)17(18,19)20/h2-9,24H,10H2,1H3. The van der Waals surface area contributed by atoms with E-state index in [9.17, 15) is 18.3 Å². The molecule has 0 atom stereocenters. The zero-order chi connectivity index (χ0) is 18.0. The number of rotatable bonds is 4. The van der Waals surface area contributed by atoms with Crippen molar-refractivity contribution in [2.45, 2.75) is 12.8 Å². The maximum atomic E-state index is 12.7. The molecule has 0 aliphatic rings. The molecule has 1 N–H and O–H groups in total. The third-order valence-electron chi connectivity index (χ3n) is 3.67. The second kappa shape index (κ2) is 6.56. The summed E-state index contributed by atoms with van der Waals surface area (Å²) in [6, 6.07) is 11.6. The van der Waals surface area contributed by atoms with Gasteiger partial charge in [0.2, 0.25) is 0 Å². The molecule has 8 heteroatoms. The molecule has 0 fully saturated rings. The Balaban J connectivity index is 2.10. The van der Waals surface area contributed by atoms with Crippen LogP contribution in [-0.4, -0.2) is 27.2 Å². The molecule has 0 bridgehead atoms. The molecule has 0 amide bonds. The van der Waals surface area contributed by atoms with Crippen molar-refractivity contribution in [1.29, 1.82) is 0 Å². The van der Waals surface area contributed by atoms with Crippen LogP contribution in [0.5, 0.6) is 5.75 Å². The van der Waals surface area contributed by atoms with E-state index in [2.05, 4.69) is 10.3 Å². The minimum atomic E-state index is -4.41. The number of hydrogen-bond acceptors (Lipinski definition) is 4. The number of alkyl halides is 3. The topological polar surface area (TPSA) is 60.2 Å². The summed E-state index contributed by atoms with van der Waals surface area (Å²) in [5, 5.41) is 17.4. The first-order valence-electron chi connectivity index (χ1n) is 7.31. The fourth-order valence-corrected chi connectivity index (χ4v) is 2.45. The van der Waals surface area contributed by atoms with E-state index in [0.29, 0.717) is 28.4 Å². The van der Waals surface area contributed by atoms with Crippen LogP contribution in [0, 0.1) is 0 Å². The van der Waals surface area contributed by atoms with Gasteiger partial charge < -0.3 is 9.84 Å². The van der Waals surface area contributed by atoms with Crippen molar-refractivity contribution in [2.24, 2.45) is 0 Å². The zero-order valence-corrected chi connectivity index (χ0v) is 13.2. The molecule has 25 heavy (non-hydrogen) atoms. The first-order chi connectivity index (χ1) is 11.9. The lowest BCUT2D eigenvalue weighted by Gasteiger charge is -2.11. The number of benzene rings is 2. The number of aromatic nitrogens is 3. The number of hydrogen-bond donors (Lipinski definition) is 1. The summed E-state index contributed by atoms with van der Waals surface area (Å²) in [6.45, 7) is -0.354. The fraction of sp³-hybridized carbons (Fsp3) is 0.176. The number of ether oxygens (including phenoxy) is 1. The van der Waals surface area contributed by atoms with Crippen molar-refractivity contribution in [2.75, 3.05) is 7.11 Å². The van der Waals surface area contributed by atoms with Gasteiger partial charge in [-0.3, -0.25) is 0 Å². The lowest BCUT2D eigenvalue weighted by Crippen LogP contribution is -2.06. The molecule has 0 saturated carbocycles. The minimum Gasteiger partial charge on any atom is -0.497 e. The lowest BCUT2D eigenvalue weighted by molar-refractivity contribution is -0.137. The molecular weight excluding hydrogens is 335 g/mol. The normalized spacial score (nSPS) is 11.6. The average Bonchev–Trinajstić information content (AvgIpc) is 3.05. The van der Waals surface area contributed by atoms with Crippen molar-refractivity contribution in [3.05, 3.63) is 59.8 Å². The Morgan fingerprint density at radius 3 is 2.44 bits per heavy atom. The Bertz CT molecular complexity index is 874. The largest absolute Gasteiger partial charge is 0.497 e. The Labute approximate surface area is 141 Å². The number of halogens is 3. The Hall–Kier alpha value is -2.87. The van der Waals surface area contributed by atoms with Gasteiger partial charge in [0.05, 0.1) is 25.0 Å². The van der Waals surface area contributed by atoms with Crippen LogP contribution in [0.1, 0.15) is 11.3 Å². The first kappa shape index (κ1) is 17.0. The van der Waals surface area contributed by atoms with Gasteiger partial charge in [0.1, 0.15) is 17.1 Å². The molecule has 0 radical (unpaired) electrons. The van der Waals surface area contributed by atoms with E-state index >= 15 is 0 Å². The van der Waals surface area contributed by atoms with Gasteiger partial charge in [-0.05, 0) is 36.4 Å². The molecule has 1 aromatic heterocycles. The van der Waals surface area contributed by atoms with Crippen molar-refractivity contribution >= 4 is 0 Å². The number of methoxy groups -OCH3 is 1. The third-order valence-corrected chi connectivity index (χ3v) is 3.67. The zero-order valence-electron chi connectivity index (χ0n) is 13.2. The molecule has 2 aromatic carbocycles. The number of aliphatic hydroxyl groups is 1. The second-order valence-electron chi connectivity index (χ2n) is 5.23. The number of nitrogens with zero attached hydrogens (tertiary/aromatic N) is 3. The maximum Gasteiger partial charge on any atom is 0.416 e. The van der Waals surface area contributed by atoms with Crippen LogP contribution in [0.25, 0.3) is 16.9 Å². The lowest BCUT2D eigenvalue weighted by atomic mass is 10.1. The van der Waals surface area contributed by atoms with Crippen LogP contribution < -0.4 is 4.74 Å². The highest BCUT2D eigenvalue weighted by atomic mass is 19.4. The molecule has 3 rings (SSSR count). The Morgan fingerprint density at radius 1 is 1.12 bits per heavy atom. The quantitative estimate of drug-likeness (QED) is 0.784. The smallest absolute Gasteiger partial charge is 0.416 e. The van der Waals surface area contributed by atoms with Gasteiger partial charge in [-0.2, -0.15) is 13.2 Å². The summed E-state index contributed by atoms with van der Waals surface area (Å²) in [6.07, 6.45) is -4.41. The molecule has 0 saturated heterocycles. The molecule has 5 nitrogen and oxygen atoms in total. The van der Waals surface area contributed by atoms with Crippen LogP contribution >= 0.6 is 0 Å². The van der Waals surface area contributed by atoms with Crippen LogP contribution in [0.15, 0.2) is 48.5 Å². The van der Waals surface area contributed by atoms with Gasteiger partial charge in [0.25, 0.3) is 0 Å². The molecule has 0 aliphatic carbocycles. The fourth-order valence-electron chi connectivity index (χ4n) is 2.45. The summed E-state index contributed by atoms with van der Waals surface area (Å²) in [7, 11) is 1.53. The predicted octanol–water partition coefficient (Wildman–Crippen LogP) is 3.45. The van der Waals surface area contributed by atoms with E-state index in [1.165, 1.54) is 23.9 Å². The molecule has 1 heterocycles. The first-order valence-corrected chi connectivity index (χ1v) is 7.31. The van der Waals surface area contributed by atoms with Crippen LogP contribution in [0.2, 0.25) is 0 Å². The van der Waals surface area contributed by atoms with Crippen LogP contribution in [-0.2, 0) is 12.8 Å². The molecule has 0 spiro atoms. The summed E-state index contributed by atoms with van der Waals surface area (Å²) in [5.74, 6) is 0.599. The molecule has 3 aromatic rings. The average molecular weight is 349 g/mol. The van der Waals surface area contributed by atoms with Gasteiger partial charge in [0.15, 0.2) is 0 Å². The van der Waals surface area contributed by atoms with Crippen molar-refractivity contribution in [3.63, 3.8) is 0 Å². The maximum absolute atomic E-state index is 12.7. The highest BCUT2D eigenvalue weighted by Gasteiger charge is 2.30. The molecule has 0 unspecified atom stereocenters. The van der Waals surface area contributed by atoms with E-state index in [0.717, 1.165) is 12.1 Å². The second-order valence-corrected chi connectivity index (χ2v) is 5.23. The van der Waals surface area contributed by atoms with Crippen molar-refractivity contribution < 1.29 is 23.0 Å². The van der Waals surface area contributed by atoms with E-state index in [4.69, 9.17) is 4.74 Å². The predicted molar refractivity (Wildman–Crippen MR) is 84.3 cm³/mol. The van der Waals surface area contributed by atoms with Crippen LogP contribution in [0.4, 0.5) is 13.2 Å². The monoisotopic (exact) mass is 349 g/mol. The summed E-state index contributed by atoms with van der Waals surface area (Å²) in [5.41, 5.74) is 1.13. The van der Waals surface area contributed by atoms with Gasteiger partial charge in [-0.1, -0.05) is 17.3 Å². The van der Waals surface area contributed by atoms with Gasteiger partial charge in [-0.15, -0.1) is 5.10 Å². The van der Waals surface area contributed by atoms with E-state index < -0.39 is 11.7 Å². The third kappa shape index (κ3) is 3.34. The highest BCUT2D eigenvalue weighted by molar-refractivity contribution is 5.66. The highest BCUT2D eigenvalue weighted by Crippen LogP contribution is 2.31. The summed E-state index contributed by atoms with van der Waals surface area (Å²) >= 11 is 0. The summed E-state index contributed by atoms with van der Waals surface area (Å²) < 4.78 is 44.8. The number of aliphatic hydroxyl groups excluding tert-OH is 1. The van der Waals surface area contributed by atoms with Crippen molar-refractivity contribution in [3.8, 4) is 22.7 Å². The summed E-state index contributed by atoms with van der Waals surface area (Å²) in [4.78, 5) is 0. The molecule has 130 valence electrons. The molecule has 0 aliphatic heterocycles. The Kier molecular flexibility index (Phi) is 4.45. The minimum absolute atomic E-state index is 0.313. The van der Waals surface area contributed by atoms with Gasteiger partial charge >= 0.3 is 6.18 Å². The molecular formula is C17H14F3N3O2. The van der Waals surface area contributed by atoms with Crippen LogP contribution in [0.3, 0.4) is 0 Å². The van der Waals surface area contributed by atoms with Crippen molar-refractivity contribution in [1.82, 2.24) is 15.0 Å². The van der Waals surface area contributed by atoms with E-state index in [1.807, 2.05) is 0 Å².